The van der Waals surface area contributed by atoms with Crippen molar-refractivity contribution >= 4 is 50.9 Å². The van der Waals surface area contributed by atoms with Crippen molar-refractivity contribution in [3.63, 3.8) is 0 Å². The normalized spacial score (nSPS) is 13.2. The maximum absolute atomic E-state index is 5.34. The molecule has 0 saturated heterocycles. The molecule has 8 rings (SSSR count). The van der Waals surface area contributed by atoms with Crippen molar-refractivity contribution in [3.05, 3.63) is 134 Å². The van der Waals surface area contributed by atoms with Gasteiger partial charge in [-0.2, -0.15) is 0 Å². The Morgan fingerprint density at radius 2 is 1.34 bits per heavy atom. The van der Waals surface area contributed by atoms with Gasteiger partial charge in [0.15, 0.2) is 0 Å². The van der Waals surface area contributed by atoms with Crippen LogP contribution in [0, 0.1) is 0 Å². The maximum Gasteiger partial charge on any atom is 0.220 e. The molecule has 0 atom stereocenters. The molecule has 198 valence electrons. The van der Waals surface area contributed by atoms with Crippen LogP contribution in [-0.4, -0.2) is 37.6 Å². The average Bonchev–Trinajstić information content (AvgIpc) is 3.71. The van der Waals surface area contributed by atoms with E-state index >= 15 is 0 Å². The Balaban J connectivity index is 1.39. The minimum atomic E-state index is 0.764. The predicted octanol–water partition coefficient (Wildman–Crippen LogP) is 7.48. The monoisotopic (exact) mass is 533 g/mol. The van der Waals surface area contributed by atoms with E-state index in [1.165, 1.54) is 0 Å². The second-order valence-corrected chi connectivity index (χ2v) is 10.2. The first kappa shape index (κ1) is 23.3. The minimum absolute atomic E-state index is 0.764. The highest BCUT2D eigenvalue weighted by molar-refractivity contribution is 6.00. The zero-order chi connectivity index (χ0) is 27.3. The molecule has 0 saturated carbocycles. The van der Waals surface area contributed by atoms with Gasteiger partial charge in [0, 0.05) is 30.8 Å². The number of pyridine rings is 1. The fourth-order valence-corrected chi connectivity index (χ4v) is 5.77. The summed E-state index contributed by atoms with van der Waals surface area (Å²) in [6.07, 6.45) is 4.13. The van der Waals surface area contributed by atoms with Crippen LogP contribution in [0.15, 0.2) is 134 Å². The molecule has 0 fully saturated rings. The molecule has 0 bridgehead atoms. The third kappa shape index (κ3) is 3.74. The predicted molar refractivity (Wildman–Crippen MR) is 166 cm³/mol. The van der Waals surface area contributed by atoms with Crippen LogP contribution in [0.25, 0.3) is 33.5 Å². The zero-order valence-electron chi connectivity index (χ0n) is 22.5. The summed E-state index contributed by atoms with van der Waals surface area (Å²) in [7, 11) is 2.06. The summed E-state index contributed by atoms with van der Waals surface area (Å²) in [6, 6.07) is 41.9. The number of aromatic nitrogens is 4. The Morgan fingerprint density at radius 3 is 2.12 bits per heavy atom. The van der Waals surface area contributed by atoms with Gasteiger partial charge in [-0.3, -0.25) is 13.9 Å². The van der Waals surface area contributed by atoms with Gasteiger partial charge in [0.2, 0.25) is 5.78 Å². The highest BCUT2D eigenvalue weighted by Crippen LogP contribution is 2.40. The summed E-state index contributed by atoms with van der Waals surface area (Å²) in [5.41, 5.74) is 7.26. The average molecular weight is 534 g/mol. The quantitative estimate of drug-likeness (QED) is 0.230. The van der Waals surface area contributed by atoms with Gasteiger partial charge in [0.25, 0.3) is 0 Å². The van der Waals surface area contributed by atoms with E-state index in [4.69, 9.17) is 9.97 Å². The molecule has 0 amide bonds. The number of fused-ring (bicyclic) bond motifs is 5. The summed E-state index contributed by atoms with van der Waals surface area (Å²) in [5, 5.41) is 0. The van der Waals surface area contributed by atoms with Gasteiger partial charge in [-0.05, 0) is 60.7 Å². The second-order valence-electron chi connectivity index (χ2n) is 10.2. The van der Waals surface area contributed by atoms with Crippen molar-refractivity contribution in [2.24, 2.45) is 0 Å². The van der Waals surface area contributed by atoms with Crippen molar-refractivity contribution < 1.29 is 0 Å². The third-order valence-corrected chi connectivity index (χ3v) is 7.60. The number of para-hydroxylation sites is 5. The highest BCUT2D eigenvalue weighted by atomic mass is 15.4. The van der Waals surface area contributed by atoms with Gasteiger partial charge in [-0.15, -0.1) is 0 Å². The van der Waals surface area contributed by atoms with Crippen LogP contribution in [-0.2, 0) is 0 Å². The number of nitrogens with zero attached hydrogens (tertiary/aromatic N) is 7. The molecule has 1 aliphatic heterocycles. The van der Waals surface area contributed by atoms with Crippen molar-refractivity contribution in [1.29, 1.82) is 0 Å². The van der Waals surface area contributed by atoms with Gasteiger partial charge in [0.05, 0.1) is 28.9 Å². The van der Waals surface area contributed by atoms with Crippen LogP contribution in [0.5, 0.6) is 0 Å². The fraction of sp³-hybridized carbons (Fsp3) is 0.0588. The first-order chi connectivity index (χ1) is 20.3. The van der Waals surface area contributed by atoms with E-state index in [0.29, 0.717) is 0 Å². The molecule has 0 unspecified atom stereocenters. The molecule has 0 radical (unpaired) electrons. The zero-order valence-corrected chi connectivity index (χ0v) is 22.5. The second kappa shape index (κ2) is 9.27. The number of anilines is 4. The first-order valence-corrected chi connectivity index (χ1v) is 13.7. The molecule has 3 aromatic heterocycles. The van der Waals surface area contributed by atoms with E-state index in [9.17, 15) is 0 Å². The lowest BCUT2D eigenvalue weighted by atomic mass is 10.2. The Labute approximate surface area is 237 Å². The van der Waals surface area contributed by atoms with Crippen LogP contribution in [0.1, 0.15) is 0 Å². The molecular formula is C34H27N7. The topological polar surface area (TPSA) is 44.8 Å². The molecule has 4 heterocycles. The molecule has 1 aliphatic rings. The fourth-order valence-electron chi connectivity index (χ4n) is 5.77. The lowest BCUT2D eigenvalue weighted by Crippen LogP contribution is -2.23. The van der Waals surface area contributed by atoms with E-state index < -0.39 is 0 Å². The van der Waals surface area contributed by atoms with Gasteiger partial charge in [-0.1, -0.05) is 60.7 Å². The van der Waals surface area contributed by atoms with Crippen molar-refractivity contribution in [1.82, 2.24) is 23.8 Å². The summed E-state index contributed by atoms with van der Waals surface area (Å²) in [6.45, 7) is 0.764. The molecule has 0 spiro atoms. The lowest BCUT2D eigenvalue weighted by molar-refractivity contribution is 0.494. The molecule has 7 nitrogen and oxygen atoms in total. The molecule has 7 heteroatoms. The van der Waals surface area contributed by atoms with E-state index in [2.05, 4.69) is 152 Å². The van der Waals surface area contributed by atoms with E-state index in [1.807, 2.05) is 12.1 Å². The summed E-state index contributed by atoms with van der Waals surface area (Å²) in [5.74, 6) is 2.60. The van der Waals surface area contributed by atoms with E-state index in [0.717, 1.165) is 63.2 Å². The van der Waals surface area contributed by atoms with Crippen molar-refractivity contribution in [2.75, 3.05) is 23.5 Å². The van der Waals surface area contributed by atoms with Crippen LogP contribution in [0.3, 0.4) is 0 Å². The summed E-state index contributed by atoms with van der Waals surface area (Å²) >= 11 is 0. The largest absolute Gasteiger partial charge is 0.361 e. The summed E-state index contributed by atoms with van der Waals surface area (Å²) < 4.78 is 4.50. The van der Waals surface area contributed by atoms with Crippen molar-refractivity contribution in [3.8, 4) is 5.69 Å². The highest BCUT2D eigenvalue weighted by Gasteiger charge is 2.23. The van der Waals surface area contributed by atoms with Crippen molar-refractivity contribution in [2.45, 2.75) is 0 Å². The molecule has 41 heavy (non-hydrogen) atoms. The van der Waals surface area contributed by atoms with Crippen LogP contribution in [0.2, 0.25) is 0 Å². The number of imidazole rings is 2. The SMILES string of the molecule is CN1C=CN(c2cccc(N(c3ccccc3)c3cccc4c3nc3n(-c5ccccc5)c5ccccc5n43)n2)C1. The Hall–Kier alpha value is -5.56. The molecule has 0 aliphatic carbocycles. The third-order valence-electron chi connectivity index (χ3n) is 7.60. The molecular weight excluding hydrogens is 506 g/mol. The Morgan fingerprint density at radius 1 is 0.634 bits per heavy atom. The van der Waals surface area contributed by atoms with Gasteiger partial charge in [-0.25, -0.2) is 9.97 Å². The summed E-state index contributed by atoms with van der Waals surface area (Å²) in [4.78, 5) is 17.0. The molecule has 7 aromatic rings. The van der Waals surface area contributed by atoms with Crippen LogP contribution < -0.4 is 9.80 Å². The number of rotatable bonds is 5. The van der Waals surface area contributed by atoms with Gasteiger partial charge >= 0.3 is 0 Å². The molecule has 4 aromatic carbocycles. The Bertz CT molecular complexity index is 2060. The number of hydrogen-bond donors (Lipinski definition) is 0. The van der Waals surface area contributed by atoms with E-state index in [-0.39, 0.29) is 0 Å². The van der Waals surface area contributed by atoms with Crippen LogP contribution in [0.4, 0.5) is 23.0 Å². The standard InChI is InChI=1S/C34H27N7/c1-37-22-23-38(24-37)31-20-11-21-32(35-31)39(25-12-4-2-5-13-25)29-18-10-19-30-33(29)36-34-40(26-14-6-3-7-15-26)27-16-8-9-17-28(27)41(30)34/h2-23H,24H2,1H3. The van der Waals surface area contributed by atoms with Gasteiger partial charge < -0.3 is 9.80 Å². The van der Waals surface area contributed by atoms with E-state index in [1.54, 1.807) is 0 Å². The smallest absolute Gasteiger partial charge is 0.220 e. The van der Waals surface area contributed by atoms with Gasteiger partial charge in [0.1, 0.15) is 17.2 Å². The maximum atomic E-state index is 5.34. The number of benzene rings is 4. The first-order valence-electron chi connectivity index (χ1n) is 13.7. The van der Waals surface area contributed by atoms with Crippen LogP contribution >= 0.6 is 0 Å². The Kier molecular flexibility index (Phi) is 5.28. The minimum Gasteiger partial charge on any atom is -0.361 e. The number of hydrogen-bond acceptors (Lipinski definition) is 5. The molecule has 0 N–H and O–H groups in total. The lowest BCUT2D eigenvalue weighted by Gasteiger charge is -2.26.